The van der Waals surface area contributed by atoms with Gasteiger partial charge < -0.3 is 15.5 Å². The molecule has 6 heteroatoms. The average Bonchev–Trinajstić information content (AvgIpc) is 2.60. The Morgan fingerprint density at radius 2 is 1.84 bits per heavy atom. The quantitative estimate of drug-likeness (QED) is 0.664. The van der Waals surface area contributed by atoms with E-state index in [9.17, 15) is 14.7 Å². The summed E-state index contributed by atoms with van der Waals surface area (Å²) in [5, 5.41) is 22.0. The molecular formula is C19H16N2O4. The van der Waals surface area contributed by atoms with Gasteiger partial charge in [0.15, 0.2) is 0 Å². The van der Waals surface area contributed by atoms with Crippen molar-refractivity contribution in [2.45, 2.75) is 12.8 Å². The summed E-state index contributed by atoms with van der Waals surface area (Å²) in [4.78, 5) is 27.7. The van der Waals surface area contributed by atoms with Crippen molar-refractivity contribution < 1.29 is 19.8 Å². The highest BCUT2D eigenvalue weighted by molar-refractivity contribution is 6.00. The van der Waals surface area contributed by atoms with E-state index >= 15 is 0 Å². The number of carboxylic acids is 1. The fraction of sp³-hybridized carbons (Fsp3) is 0.105. The molecule has 0 aliphatic carbocycles. The second-order valence-corrected chi connectivity index (χ2v) is 5.58. The van der Waals surface area contributed by atoms with Gasteiger partial charge in [0.05, 0.1) is 16.8 Å². The molecule has 0 aliphatic heterocycles. The van der Waals surface area contributed by atoms with E-state index in [0.29, 0.717) is 6.42 Å². The van der Waals surface area contributed by atoms with Crippen LogP contribution in [0.2, 0.25) is 0 Å². The van der Waals surface area contributed by atoms with Gasteiger partial charge in [0, 0.05) is 17.5 Å². The number of rotatable bonds is 5. The minimum absolute atomic E-state index is 0.0551. The Morgan fingerprint density at radius 1 is 1.04 bits per heavy atom. The van der Waals surface area contributed by atoms with Crippen molar-refractivity contribution >= 4 is 28.5 Å². The van der Waals surface area contributed by atoms with Gasteiger partial charge in [0.1, 0.15) is 5.75 Å². The number of carbonyl (C=O) groups excluding carboxylic acids is 1. The summed E-state index contributed by atoms with van der Waals surface area (Å²) >= 11 is 0. The van der Waals surface area contributed by atoms with Crippen LogP contribution >= 0.6 is 0 Å². The molecule has 0 saturated carbocycles. The maximum atomic E-state index is 12.1. The van der Waals surface area contributed by atoms with Gasteiger partial charge in [-0.3, -0.25) is 9.78 Å². The van der Waals surface area contributed by atoms with Crippen LogP contribution in [0.5, 0.6) is 5.75 Å². The number of carboxylic acid groups (broad SMARTS) is 1. The standard InChI is InChI=1S/C19H16N2O4/c22-14-8-9-16-12(11-14)5-6-13(20-16)7-10-18(23)21-17-4-2-1-3-15(17)19(24)25/h1-6,8-9,11,22H,7,10H2,(H,21,23)(H,24,25). The third-order valence-electron chi connectivity index (χ3n) is 3.77. The number of pyridine rings is 1. The number of nitrogens with one attached hydrogen (secondary N) is 1. The number of hydrogen-bond acceptors (Lipinski definition) is 4. The largest absolute Gasteiger partial charge is 0.508 e. The van der Waals surface area contributed by atoms with Crippen LogP contribution < -0.4 is 5.32 Å². The minimum atomic E-state index is -1.09. The van der Waals surface area contributed by atoms with Gasteiger partial charge in [0.2, 0.25) is 5.91 Å². The molecule has 0 radical (unpaired) electrons. The highest BCUT2D eigenvalue weighted by atomic mass is 16.4. The van der Waals surface area contributed by atoms with Crippen LogP contribution in [0.25, 0.3) is 10.9 Å². The van der Waals surface area contributed by atoms with Crippen molar-refractivity contribution in [2.24, 2.45) is 0 Å². The number of phenols is 1. The number of nitrogens with zero attached hydrogens (tertiary/aromatic N) is 1. The SMILES string of the molecule is O=C(CCc1ccc2cc(O)ccc2n1)Nc1ccccc1C(=O)O. The number of amides is 1. The monoisotopic (exact) mass is 336 g/mol. The molecule has 6 nitrogen and oxygen atoms in total. The highest BCUT2D eigenvalue weighted by Gasteiger charge is 2.12. The van der Waals surface area contributed by atoms with E-state index < -0.39 is 5.97 Å². The van der Waals surface area contributed by atoms with E-state index in [1.54, 1.807) is 42.5 Å². The number of aryl methyl sites for hydroxylation is 1. The normalized spacial score (nSPS) is 10.6. The molecule has 0 bridgehead atoms. The maximum absolute atomic E-state index is 12.1. The summed E-state index contributed by atoms with van der Waals surface area (Å²) in [6.45, 7) is 0. The summed E-state index contributed by atoms with van der Waals surface area (Å²) in [5.74, 6) is -1.19. The lowest BCUT2D eigenvalue weighted by atomic mass is 10.1. The van der Waals surface area contributed by atoms with Gasteiger partial charge >= 0.3 is 5.97 Å². The number of para-hydroxylation sites is 1. The van der Waals surface area contributed by atoms with Crippen molar-refractivity contribution in [1.29, 1.82) is 0 Å². The molecule has 0 spiro atoms. The summed E-state index contributed by atoms with van der Waals surface area (Å²) in [5.41, 5.74) is 1.83. The number of fused-ring (bicyclic) bond motifs is 1. The molecule has 3 aromatic rings. The molecule has 1 heterocycles. The molecule has 0 aliphatic rings. The third kappa shape index (κ3) is 3.92. The van der Waals surface area contributed by atoms with Crippen LogP contribution in [0.15, 0.2) is 54.6 Å². The molecule has 0 atom stereocenters. The van der Waals surface area contributed by atoms with Crippen LogP contribution in [0.1, 0.15) is 22.5 Å². The first kappa shape index (κ1) is 16.4. The fourth-order valence-electron chi connectivity index (χ4n) is 2.53. The Hall–Kier alpha value is -3.41. The predicted molar refractivity (Wildman–Crippen MR) is 93.8 cm³/mol. The number of aromatic carboxylic acids is 1. The van der Waals surface area contributed by atoms with Gasteiger partial charge in [0.25, 0.3) is 0 Å². The molecule has 0 fully saturated rings. The molecule has 25 heavy (non-hydrogen) atoms. The van der Waals surface area contributed by atoms with Crippen LogP contribution in [0.4, 0.5) is 5.69 Å². The minimum Gasteiger partial charge on any atom is -0.508 e. The Morgan fingerprint density at radius 3 is 2.64 bits per heavy atom. The molecule has 3 rings (SSSR count). The number of aromatic nitrogens is 1. The Labute approximate surface area is 143 Å². The topological polar surface area (TPSA) is 99.5 Å². The second-order valence-electron chi connectivity index (χ2n) is 5.58. The lowest BCUT2D eigenvalue weighted by Crippen LogP contribution is -2.15. The summed E-state index contributed by atoms with van der Waals surface area (Å²) < 4.78 is 0. The highest BCUT2D eigenvalue weighted by Crippen LogP contribution is 2.19. The van der Waals surface area contributed by atoms with Crippen LogP contribution in [-0.2, 0) is 11.2 Å². The molecule has 0 unspecified atom stereocenters. The van der Waals surface area contributed by atoms with E-state index in [0.717, 1.165) is 16.6 Å². The first-order valence-electron chi connectivity index (χ1n) is 7.74. The van der Waals surface area contributed by atoms with E-state index in [1.165, 1.54) is 6.07 Å². The van der Waals surface area contributed by atoms with E-state index in [1.807, 2.05) is 6.07 Å². The van der Waals surface area contributed by atoms with Gasteiger partial charge in [-0.25, -0.2) is 4.79 Å². The van der Waals surface area contributed by atoms with Crippen LogP contribution in [-0.4, -0.2) is 27.1 Å². The van der Waals surface area contributed by atoms with Crippen molar-refractivity contribution in [3.63, 3.8) is 0 Å². The summed E-state index contributed by atoms with van der Waals surface area (Å²) in [6, 6.07) is 14.8. The summed E-state index contributed by atoms with van der Waals surface area (Å²) in [7, 11) is 0. The van der Waals surface area contributed by atoms with Gasteiger partial charge in [-0.1, -0.05) is 18.2 Å². The Bertz CT molecular complexity index is 953. The molecular weight excluding hydrogens is 320 g/mol. The lowest BCUT2D eigenvalue weighted by Gasteiger charge is -2.08. The fourth-order valence-corrected chi connectivity index (χ4v) is 2.53. The molecule has 126 valence electrons. The predicted octanol–water partition coefficient (Wildman–Crippen LogP) is 3.21. The number of phenolic OH excluding ortho intramolecular Hbond substituents is 1. The third-order valence-corrected chi connectivity index (χ3v) is 3.77. The molecule has 2 aromatic carbocycles. The van der Waals surface area contributed by atoms with Gasteiger partial charge in [-0.2, -0.15) is 0 Å². The maximum Gasteiger partial charge on any atom is 0.337 e. The Balaban J connectivity index is 1.66. The zero-order valence-corrected chi connectivity index (χ0v) is 13.3. The molecule has 1 amide bonds. The van der Waals surface area contributed by atoms with Crippen LogP contribution in [0, 0.1) is 0 Å². The molecule has 3 N–H and O–H groups in total. The number of aromatic hydroxyl groups is 1. The molecule has 1 aromatic heterocycles. The first-order chi connectivity index (χ1) is 12.0. The van der Waals surface area contributed by atoms with E-state index in [2.05, 4.69) is 10.3 Å². The van der Waals surface area contributed by atoms with Crippen molar-refractivity contribution in [2.75, 3.05) is 5.32 Å². The molecule has 0 saturated heterocycles. The smallest absolute Gasteiger partial charge is 0.337 e. The van der Waals surface area contributed by atoms with E-state index in [4.69, 9.17) is 5.11 Å². The van der Waals surface area contributed by atoms with Crippen molar-refractivity contribution in [1.82, 2.24) is 4.98 Å². The number of carbonyl (C=O) groups is 2. The second kappa shape index (κ2) is 7.00. The average molecular weight is 336 g/mol. The number of hydrogen-bond donors (Lipinski definition) is 3. The summed E-state index contributed by atoms with van der Waals surface area (Å²) in [6.07, 6.45) is 0.614. The number of anilines is 1. The zero-order chi connectivity index (χ0) is 17.8. The lowest BCUT2D eigenvalue weighted by molar-refractivity contribution is -0.116. The van der Waals surface area contributed by atoms with Crippen LogP contribution in [0.3, 0.4) is 0 Å². The zero-order valence-electron chi connectivity index (χ0n) is 13.3. The van der Waals surface area contributed by atoms with Gasteiger partial charge in [-0.05, 0) is 42.8 Å². The van der Waals surface area contributed by atoms with Crippen molar-refractivity contribution in [3.8, 4) is 5.75 Å². The number of benzene rings is 2. The Kier molecular flexibility index (Phi) is 4.61. The van der Waals surface area contributed by atoms with Gasteiger partial charge in [-0.15, -0.1) is 0 Å². The van der Waals surface area contributed by atoms with Crippen molar-refractivity contribution in [3.05, 3.63) is 65.9 Å². The van der Waals surface area contributed by atoms with E-state index in [-0.39, 0.29) is 29.3 Å². The first-order valence-corrected chi connectivity index (χ1v) is 7.74.